The van der Waals surface area contributed by atoms with Gasteiger partial charge in [0.15, 0.2) is 0 Å². The van der Waals surface area contributed by atoms with Crippen LogP contribution in [0.4, 0.5) is 0 Å². The van der Waals surface area contributed by atoms with Gasteiger partial charge in [0.2, 0.25) is 0 Å². The van der Waals surface area contributed by atoms with E-state index >= 15 is 0 Å². The van der Waals surface area contributed by atoms with E-state index in [4.69, 9.17) is 0 Å². The highest BCUT2D eigenvalue weighted by Crippen LogP contribution is 2.23. The SMILES string of the molecule is CCNC(Cc1c(C)cc(C)cc1C)c1ccccn1. The normalized spacial score (nSPS) is 12.4. The third kappa shape index (κ3) is 3.45. The summed E-state index contributed by atoms with van der Waals surface area (Å²) in [5, 5.41) is 3.55. The van der Waals surface area contributed by atoms with Crippen LogP contribution in [-0.4, -0.2) is 11.5 Å². The Morgan fingerprint density at radius 3 is 2.35 bits per heavy atom. The quantitative estimate of drug-likeness (QED) is 0.889. The van der Waals surface area contributed by atoms with Crippen LogP contribution in [0.2, 0.25) is 0 Å². The van der Waals surface area contributed by atoms with Crippen LogP contribution < -0.4 is 5.32 Å². The smallest absolute Gasteiger partial charge is 0.0576 e. The van der Waals surface area contributed by atoms with Crippen LogP contribution in [0.5, 0.6) is 0 Å². The number of hydrogen-bond donors (Lipinski definition) is 1. The number of aryl methyl sites for hydroxylation is 3. The maximum absolute atomic E-state index is 4.51. The third-order valence-corrected chi connectivity index (χ3v) is 3.74. The lowest BCUT2D eigenvalue weighted by Crippen LogP contribution is -2.24. The molecule has 1 heterocycles. The average molecular weight is 268 g/mol. The topological polar surface area (TPSA) is 24.9 Å². The van der Waals surface area contributed by atoms with E-state index in [-0.39, 0.29) is 6.04 Å². The Kier molecular flexibility index (Phi) is 4.91. The summed E-state index contributed by atoms with van der Waals surface area (Å²) in [6, 6.07) is 10.9. The summed E-state index contributed by atoms with van der Waals surface area (Å²) in [7, 11) is 0. The van der Waals surface area contributed by atoms with Crippen molar-refractivity contribution in [3.05, 3.63) is 64.5 Å². The van der Waals surface area contributed by atoms with Crippen LogP contribution in [-0.2, 0) is 6.42 Å². The van der Waals surface area contributed by atoms with Crippen molar-refractivity contribution in [3.8, 4) is 0 Å². The predicted octanol–water partition coefficient (Wildman–Crippen LogP) is 3.90. The molecule has 20 heavy (non-hydrogen) atoms. The molecule has 2 heteroatoms. The van der Waals surface area contributed by atoms with Gasteiger partial charge in [-0.05, 0) is 62.6 Å². The molecular weight excluding hydrogens is 244 g/mol. The monoisotopic (exact) mass is 268 g/mol. The Labute approximate surface area is 122 Å². The lowest BCUT2D eigenvalue weighted by molar-refractivity contribution is 0.534. The second kappa shape index (κ2) is 6.67. The molecule has 1 unspecified atom stereocenters. The van der Waals surface area contributed by atoms with Crippen molar-refractivity contribution < 1.29 is 0 Å². The zero-order valence-electron chi connectivity index (χ0n) is 12.9. The van der Waals surface area contributed by atoms with Gasteiger partial charge in [0.1, 0.15) is 0 Å². The Hall–Kier alpha value is -1.67. The molecule has 0 amide bonds. The molecule has 0 bridgehead atoms. The maximum Gasteiger partial charge on any atom is 0.0576 e. The molecule has 106 valence electrons. The molecule has 2 aromatic rings. The molecule has 1 atom stereocenters. The van der Waals surface area contributed by atoms with Gasteiger partial charge in [-0.15, -0.1) is 0 Å². The average Bonchev–Trinajstić information content (AvgIpc) is 2.42. The zero-order valence-corrected chi connectivity index (χ0v) is 12.9. The minimum absolute atomic E-state index is 0.279. The number of nitrogens with zero attached hydrogens (tertiary/aromatic N) is 1. The molecule has 0 aliphatic rings. The minimum Gasteiger partial charge on any atom is -0.309 e. The van der Waals surface area contributed by atoms with Gasteiger partial charge in [-0.1, -0.05) is 30.7 Å². The lowest BCUT2D eigenvalue weighted by atomic mass is 9.93. The Morgan fingerprint density at radius 2 is 1.80 bits per heavy atom. The standard InChI is InChI=1S/C18H24N2/c1-5-19-18(17-8-6-7-9-20-17)12-16-14(3)10-13(2)11-15(16)4/h6-11,18-19H,5,12H2,1-4H3. The number of benzene rings is 1. The molecule has 1 aromatic heterocycles. The summed E-state index contributed by atoms with van der Waals surface area (Å²) in [5.74, 6) is 0. The van der Waals surface area contributed by atoms with E-state index in [9.17, 15) is 0 Å². The number of nitrogens with one attached hydrogen (secondary N) is 1. The van der Waals surface area contributed by atoms with E-state index in [0.717, 1.165) is 18.7 Å². The molecule has 0 spiro atoms. The fraction of sp³-hybridized carbons (Fsp3) is 0.389. The summed E-state index contributed by atoms with van der Waals surface area (Å²) in [6.45, 7) is 9.66. The predicted molar refractivity (Wildman–Crippen MR) is 85.0 cm³/mol. The van der Waals surface area contributed by atoms with Crippen LogP contribution in [0.15, 0.2) is 36.5 Å². The number of hydrogen-bond acceptors (Lipinski definition) is 2. The van der Waals surface area contributed by atoms with Crippen LogP contribution in [0.3, 0.4) is 0 Å². The molecule has 2 rings (SSSR count). The largest absolute Gasteiger partial charge is 0.309 e. The lowest BCUT2D eigenvalue weighted by Gasteiger charge is -2.20. The first kappa shape index (κ1) is 14.7. The summed E-state index contributed by atoms with van der Waals surface area (Å²) in [6.07, 6.45) is 2.86. The third-order valence-electron chi connectivity index (χ3n) is 3.74. The fourth-order valence-electron chi connectivity index (χ4n) is 2.85. The van der Waals surface area contributed by atoms with Crippen LogP contribution in [0.25, 0.3) is 0 Å². The van der Waals surface area contributed by atoms with Gasteiger partial charge in [0.25, 0.3) is 0 Å². The first-order chi connectivity index (χ1) is 9.61. The fourth-order valence-corrected chi connectivity index (χ4v) is 2.85. The van der Waals surface area contributed by atoms with E-state index in [1.807, 2.05) is 12.3 Å². The molecule has 2 nitrogen and oxygen atoms in total. The van der Waals surface area contributed by atoms with Crippen molar-refractivity contribution in [1.29, 1.82) is 0 Å². The second-order valence-electron chi connectivity index (χ2n) is 5.45. The molecule has 0 aliphatic heterocycles. The molecule has 0 saturated heterocycles. The van der Waals surface area contributed by atoms with E-state index in [1.165, 1.54) is 22.3 Å². The molecule has 0 aliphatic carbocycles. The van der Waals surface area contributed by atoms with Gasteiger partial charge >= 0.3 is 0 Å². The van der Waals surface area contributed by atoms with Crippen LogP contribution in [0.1, 0.15) is 40.9 Å². The van der Waals surface area contributed by atoms with Crippen molar-refractivity contribution in [1.82, 2.24) is 10.3 Å². The maximum atomic E-state index is 4.51. The van der Waals surface area contributed by atoms with E-state index in [1.54, 1.807) is 0 Å². The van der Waals surface area contributed by atoms with E-state index < -0.39 is 0 Å². The Balaban J connectivity index is 2.30. The van der Waals surface area contributed by atoms with Crippen molar-refractivity contribution in [3.63, 3.8) is 0 Å². The van der Waals surface area contributed by atoms with Gasteiger partial charge in [0, 0.05) is 6.20 Å². The van der Waals surface area contributed by atoms with Gasteiger partial charge in [-0.3, -0.25) is 4.98 Å². The Morgan fingerprint density at radius 1 is 1.10 bits per heavy atom. The molecule has 0 radical (unpaired) electrons. The first-order valence-electron chi connectivity index (χ1n) is 7.32. The molecule has 0 saturated carbocycles. The summed E-state index contributed by atoms with van der Waals surface area (Å²) >= 11 is 0. The zero-order chi connectivity index (χ0) is 14.5. The van der Waals surface area contributed by atoms with Crippen molar-refractivity contribution >= 4 is 0 Å². The van der Waals surface area contributed by atoms with Gasteiger partial charge in [0.05, 0.1) is 11.7 Å². The number of likely N-dealkylation sites (N-methyl/N-ethyl adjacent to an activating group) is 1. The van der Waals surface area contributed by atoms with E-state index in [0.29, 0.717) is 0 Å². The summed E-state index contributed by atoms with van der Waals surface area (Å²) < 4.78 is 0. The van der Waals surface area contributed by atoms with Crippen molar-refractivity contribution in [2.24, 2.45) is 0 Å². The number of rotatable bonds is 5. The molecule has 1 aromatic carbocycles. The Bertz CT molecular complexity index is 538. The molecular formula is C18H24N2. The summed E-state index contributed by atoms with van der Waals surface area (Å²) in [4.78, 5) is 4.51. The number of aromatic nitrogens is 1. The molecule has 1 N–H and O–H groups in total. The van der Waals surface area contributed by atoms with Gasteiger partial charge in [-0.25, -0.2) is 0 Å². The molecule has 0 fully saturated rings. The summed E-state index contributed by atoms with van der Waals surface area (Å²) in [5.41, 5.74) is 6.64. The van der Waals surface area contributed by atoms with Crippen molar-refractivity contribution in [2.45, 2.75) is 40.2 Å². The number of pyridine rings is 1. The highest BCUT2D eigenvalue weighted by atomic mass is 14.9. The first-order valence-corrected chi connectivity index (χ1v) is 7.32. The highest BCUT2D eigenvalue weighted by molar-refractivity contribution is 5.38. The van der Waals surface area contributed by atoms with Crippen LogP contribution >= 0.6 is 0 Å². The van der Waals surface area contributed by atoms with Crippen molar-refractivity contribution in [2.75, 3.05) is 6.54 Å². The van der Waals surface area contributed by atoms with E-state index in [2.05, 4.69) is 62.3 Å². The highest BCUT2D eigenvalue weighted by Gasteiger charge is 2.15. The minimum atomic E-state index is 0.279. The van der Waals surface area contributed by atoms with Gasteiger partial charge in [-0.2, -0.15) is 0 Å². The van der Waals surface area contributed by atoms with Gasteiger partial charge < -0.3 is 5.32 Å². The second-order valence-corrected chi connectivity index (χ2v) is 5.45. The van der Waals surface area contributed by atoms with Crippen LogP contribution in [0, 0.1) is 20.8 Å².